The molecule has 0 spiro atoms. The van der Waals surface area contributed by atoms with E-state index in [-0.39, 0.29) is 11.8 Å². The first-order chi connectivity index (χ1) is 7.28. The minimum atomic E-state index is -0.243. The van der Waals surface area contributed by atoms with Gasteiger partial charge in [-0.1, -0.05) is 0 Å². The normalized spacial score (nSPS) is 12.5. The van der Waals surface area contributed by atoms with Gasteiger partial charge in [0.2, 0.25) is 0 Å². The van der Waals surface area contributed by atoms with Crippen molar-refractivity contribution in [3.05, 3.63) is 0 Å². The largest absolute Gasteiger partial charge is 0.198 e. The van der Waals surface area contributed by atoms with Crippen molar-refractivity contribution in [1.29, 1.82) is 21.0 Å². The molecule has 76 valence electrons. The fourth-order valence-electron chi connectivity index (χ4n) is 1.29. The molecule has 0 saturated carbocycles. The molecule has 0 aliphatic heterocycles. The van der Waals surface area contributed by atoms with Crippen LogP contribution in [0.1, 0.15) is 32.1 Å². The molecule has 4 heteroatoms. The molecular formula is C11H12N4. The summed E-state index contributed by atoms with van der Waals surface area (Å²) in [4.78, 5) is 0. The molecule has 0 saturated heterocycles. The monoisotopic (exact) mass is 200 g/mol. The summed E-state index contributed by atoms with van der Waals surface area (Å²) < 4.78 is 0. The predicted octanol–water partition coefficient (Wildman–Crippen LogP) is 2.26. The Morgan fingerprint density at radius 2 is 1.13 bits per heavy atom. The number of hydrogen-bond donors (Lipinski definition) is 0. The highest BCUT2D eigenvalue weighted by molar-refractivity contribution is 4.93. The molecule has 2 unspecified atom stereocenters. The molecule has 0 aromatic carbocycles. The lowest BCUT2D eigenvalue weighted by atomic mass is 9.90. The molecule has 0 rings (SSSR count). The van der Waals surface area contributed by atoms with E-state index in [2.05, 4.69) is 12.1 Å². The van der Waals surface area contributed by atoms with Crippen LogP contribution in [0.5, 0.6) is 0 Å². The van der Waals surface area contributed by atoms with Gasteiger partial charge in [0.25, 0.3) is 0 Å². The van der Waals surface area contributed by atoms with Crippen LogP contribution in [-0.4, -0.2) is 0 Å². The van der Waals surface area contributed by atoms with Crippen LogP contribution in [0.4, 0.5) is 0 Å². The van der Waals surface area contributed by atoms with Gasteiger partial charge in [-0.15, -0.1) is 0 Å². The van der Waals surface area contributed by atoms with Crippen LogP contribution in [0.25, 0.3) is 0 Å². The molecule has 0 heterocycles. The molecule has 15 heavy (non-hydrogen) atoms. The van der Waals surface area contributed by atoms with Gasteiger partial charge < -0.3 is 0 Å². The molecule has 0 fully saturated rings. The first-order valence-corrected chi connectivity index (χ1v) is 4.81. The molecule has 0 aliphatic carbocycles. The highest BCUT2D eigenvalue weighted by Crippen LogP contribution is 2.19. The fourth-order valence-corrected chi connectivity index (χ4v) is 1.29. The average Bonchev–Trinajstić information content (AvgIpc) is 2.28. The minimum Gasteiger partial charge on any atom is -0.198 e. The van der Waals surface area contributed by atoms with Gasteiger partial charge in [-0.25, -0.2) is 0 Å². The van der Waals surface area contributed by atoms with Gasteiger partial charge >= 0.3 is 0 Å². The molecule has 0 aromatic rings. The third kappa shape index (κ3) is 6.09. The molecule has 2 atom stereocenters. The highest BCUT2D eigenvalue weighted by Gasteiger charge is 2.15. The zero-order valence-corrected chi connectivity index (χ0v) is 8.48. The molecule has 0 bridgehead atoms. The first kappa shape index (κ1) is 13.0. The van der Waals surface area contributed by atoms with Crippen molar-refractivity contribution in [3.8, 4) is 24.3 Å². The van der Waals surface area contributed by atoms with Crippen molar-refractivity contribution in [2.75, 3.05) is 0 Å². The lowest BCUT2D eigenvalue weighted by Crippen LogP contribution is -2.06. The van der Waals surface area contributed by atoms with Gasteiger partial charge in [0.15, 0.2) is 0 Å². The minimum absolute atomic E-state index is 0.243. The van der Waals surface area contributed by atoms with Crippen LogP contribution in [0.15, 0.2) is 0 Å². The molecule has 0 aromatic heterocycles. The summed E-state index contributed by atoms with van der Waals surface area (Å²) in [6.45, 7) is 0. The summed E-state index contributed by atoms with van der Waals surface area (Å²) in [5, 5.41) is 34.3. The van der Waals surface area contributed by atoms with Gasteiger partial charge in [0.05, 0.1) is 24.3 Å². The maximum absolute atomic E-state index is 8.79. The number of nitriles is 4. The Hall–Kier alpha value is -2.04. The Morgan fingerprint density at radius 3 is 1.40 bits per heavy atom. The summed E-state index contributed by atoms with van der Waals surface area (Å²) in [5.74, 6) is -0.485. The Morgan fingerprint density at radius 1 is 0.733 bits per heavy atom. The maximum Gasteiger partial charge on any atom is 0.0656 e. The summed E-state index contributed by atoms with van der Waals surface area (Å²) >= 11 is 0. The molecule has 0 N–H and O–H groups in total. The van der Waals surface area contributed by atoms with E-state index >= 15 is 0 Å². The van der Waals surface area contributed by atoms with E-state index in [1.165, 1.54) is 0 Å². The second kappa shape index (κ2) is 8.55. The molecular weight excluding hydrogens is 188 g/mol. The van der Waals surface area contributed by atoms with Crippen molar-refractivity contribution in [2.24, 2.45) is 11.8 Å². The zero-order valence-electron chi connectivity index (χ0n) is 8.48. The van der Waals surface area contributed by atoms with E-state index in [4.69, 9.17) is 21.0 Å². The topological polar surface area (TPSA) is 95.2 Å². The lowest BCUT2D eigenvalue weighted by Gasteiger charge is -2.10. The third-order valence-corrected chi connectivity index (χ3v) is 2.14. The lowest BCUT2D eigenvalue weighted by molar-refractivity contribution is 0.459. The number of nitrogens with zero attached hydrogens (tertiary/aromatic N) is 4. The van der Waals surface area contributed by atoms with E-state index in [0.717, 1.165) is 0 Å². The van der Waals surface area contributed by atoms with E-state index in [9.17, 15) is 0 Å². The first-order valence-electron chi connectivity index (χ1n) is 4.81. The van der Waals surface area contributed by atoms with Crippen LogP contribution in [0, 0.1) is 57.2 Å². The molecule has 0 amide bonds. The third-order valence-electron chi connectivity index (χ3n) is 2.14. The van der Waals surface area contributed by atoms with E-state index in [1.54, 1.807) is 0 Å². The summed E-state index contributed by atoms with van der Waals surface area (Å²) in [5.41, 5.74) is 0. The second-order valence-electron chi connectivity index (χ2n) is 3.28. The van der Waals surface area contributed by atoms with Crippen molar-refractivity contribution in [3.63, 3.8) is 0 Å². The highest BCUT2D eigenvalue weighted by atomic mass is 14.3. The summed E-state index contributed by atoms with van der Waals surface area (Å²) in [6.07, 6.45) is 2.18. The van der Waals surface area contributed by atoms with Crippen molar-refractivity contribution < 1.29 is 0 Å². The SMILES string of the molecule is N#CCCC(C#N)CC(C#N)CCC#N. The smallest absolute Gasteiger partial charge is 0.0656 e. The maximum atomic E-state index is 8.79. The van der Waals surface area contributed by atoms with Crippen molar-refractivity contribution in [2.45, 2.75) is 32.1 Å². The van der Waals surface area contributed by atoms with E-state index in [1.807, 2.05) is 12.1 Å². The Labute approximate surface area is 90.0 Å². The van der Waals surface area contributed by atoms with Crippen molar-refractivity contribution in [1.82, 2.24) is 0 Å². The standard InChI is InChI=1S/C11H12N4/c12-5-1-3-10(8-14)7-11(9-15)4-2-6-13/h10-11H,1-4,7H2. The molecule has 4 nitrogen and oxygen atoms in total. The summed E-state index contributed by atoms with van der Waals surface area (Å²) in [7, 11) is 0. The summed E-state index contributed by atoms with van der Waals surface area (Å²) in [6, 6.07) is 8.15. The fraction of sp³-hybridized carbons (Fsp3) is 0.636. The predicted molar refractivity (Wildman–Crippen MR) is 52.5 cm³/mol. The van der Waals surface area contributed by atoms with Gasteiger partial charge in [-0.05, 0) is 19.3 Å². The van der Waals surface area contributed by atoms with Crippen molar-refractivity contribution >= 4 is 0 Å². The van der Waals surface area contributed by atoms with E-state index < -0.39 is 0 Å². The van der Waals surface area contributed by atoms with Gasteiger partial charge in [0, 0.05) is 24.7 Å². The van der Waals surface area contributed by atoms with Crippen LogP contribution in [-0.2, 0) is 0 Å². The van der Waals surface area contributed by atoms with Crippen LogP contribution in [0.3, 0.4) is 0 Å². The van der Waals surface area contributed by atoms with Gasteiger partial charge in [-0.3, -0.25) is 0 Å². The molecule has 0 aliphatic rings. The van der Waals surface area contributed by atoms with E-state index in [0.29, 0.717) is 32.1 Å². The quantitative estimate of drug-likeness (QED) is 0.656. The molecule has 0 radical (unpaired) electrons. The Kier molecular flexibility index (Phi) is 7.39. The van der Waals surface area contributed by atoms with Gasteiger partial charge in [-0.2, -0.15) is 21.0 Å². The Bertz CT molecular complexity index is 300. The van der Waals surface area contributed by atoms with Crippen LogP contribution >= 0.6 is 0 Å². The van der Waals surface area contributed by atoms with Gasteiger partial charge in [0.1, 0.15) is 0 Å². The number of hydrogen-bond acceptors (Lipinski definition) is 4. The van der Waals surface area contributed by atoms with Crippen LogP contribution < -0.4 is 0 Å². The average molecular weight is 200 g/mol. The zero-order chi connectivity index (χ0) is 11.5. The number of rotatable bonds is 6. The second-order valence-corrected chi connectivity index (χ2v) is 3.28. The Balaban J connectivity index is 4.05. The van der Waals surface area contributed by atoms with Crippen LogP contribution in [0.2, 0.25) is 0 Å².